The number of carbonyl (C=O) groups excluding carboxylic acids is 10. The van der Waals surface area contributed by atoms with Crippen molar-refractivity contribution < 1.29 is 104 Å². The molecule has 0 aromatic heterocycles. The quantitative estimate of drug-likeness (QED) is 0.0199. The molecule has 446 valence electrons. The summed E-state index contributed by atoms with van der Waals surface area (Å²) in [6.45, 7) is 34.8. The number of unbranched alkanes of at least 4 members (excludes halogenated alkanes) is 1. The Balaban J connectivity index is 6.01. The lowest BCUT2D eigenvalue weighted by Gasteiger charge is -2.38. The number of rotatable bonds is 46. The Bertz CT molecular complexity index is 2070. The average molecular weight is 1180 g/mol. The van der Waals surface area contributed by atoms with Crippen LogP contribution in [0, 0.1) is 16.2 Å². The van der Waals surface area contributed by atoms with Gasteiger partial charge in [-0.2, -0.15) is 0 Å². The Morgan fingerprint density at radius 2 is 0.662 bits per heavy atom. The van der Waals surface area contributed by atoms with Crippen molar-refractivity contribution in [3.63, 3.8) is 0 Å². The molecule has 0 saturated heterocycles. The smallest absolute Gasteiger partial charge is 0.330 e. The van der Waals surface area contributed by atoms with E-state index in [0.717, 1.165) is 48.6 Å². The first kappa shape index (κ1) is 73.4. The third-order valence-electron chi connectivity index (χ3n) is 11.6. The van der Waals surface area contributed by atoms with Crippen LogP contribution in [0.4, 0.5) is 0 Å². The molecule has 25 heteroatoms. The molecule has 0 fully saturated rings. The summed E-state index contributed by atoms with van der Waals surface area (Å²) in [6.07, 6.45) is 8.40. The van der Waals surface area contributed by atoms with E-state index in [2.05, 4.69) is 52.6 Å². The summed E-state index contributed by atoms with van der Waals surface area (Å²) in [5.74, 6) is -7.22. The van der Waals surface area contributed by atoms with Crippen molar-refractivity contribution in [1.29, 1.82) is 0 Å². The molecule has 0 unspecified atom stereocenters. The van der Waals surface area contributed by atoms with Crippen LogP contribution >= 0.6 is 0 Å². The molecule has 0 rings (SSSR count). The van der Waals surface area contributed by atoms with E-state index < -0.39 is 141 Å². The SMILES string of the molecule is C=CC(=O)CCC(COCCC(COC(=O)C=C)(COC(=O)C=C)COC(=O)CC[Si](C)(C)O[Si](C)(C)O[Si](C)(C)CCCCC(=O)OCC(COC(=O)C=C)(COC(=O)C=C)COC(=O)C=C)(COC(=O)C=C)COC(=O)C=C. The van der Waals surface area contributed by atoms with Gasteiger partial charge in [0.05, 0.1) is 17.4 Å². The third-order valence-corrected chi connectivity index (χ3v) is 23.0. The van der Waals surface area contributed by atoms with Crippen LogP contribution in [-0.2, 0) is 104 Å². The molecular formula is C55H82O22Si3. The molecule has 0 N–H and O–H groups in total. The zero-order valence-electron chi connectivity index (χ0n) is 47.4. The topological polar surface area (TPSA) is 281 Å². The molecule has 0 spiro atoms. The van der Waals surface area contributed by atoms with E-state index in [1.165, 1.54) is 0 Å². The molecule has 0 aromatic carbocycles. The van der Waals surface area contributed by atoms with Crippen molar-refractivity contribution in [3.8, 4) is 0 Å². The third kappa shape index (κ3) is 32.4. The van der Waals surface area contributed by atoms with E-state index >= 15 is 0 Å². The van der Waals surface area contributed by atoms with Crippen LogP contribution in [0.15, 0.2) is 101 Å². The highest BCUT2D eigenvalue weighted by Gasteiger charge is 2.42. The lowest BCUT2D eigenvalue weighted by atomic mass is 9.84. The van der Waals surface area contributed by atoms with Gasteiger partial charge in [-0.25, -0.2) is 33.6 Å². The summed E-state index contributed by atoms with van der Waals surface area (Å²) in [4.78, 5) is 124. The number of carbonyl (C=O) groups is 10. The molecular weight excluding hydrogens is 1100 g/mol. The van der Waals surface area contributed by atoms with E-state index in [1.54, 1.807) is 0 Å². The van der Waals surface area contributed by atoms with E-state index in [1.807, 2.05) is 39.3 Å². The van der Waals surface area contributed by atoms with Gasteiger partial charge in [-0.3, -0.25) is 14.4 Å². The summed E-state index contributed by atoms with van der Waals surface area (Å²) >= 11 is 0. The highest BCUT2D eigenvalue weighted by atomic mass is 28.5. The molecule has 0 radical (unpaired) electrons. The minimum atomic E-state index is -2.84. The first-order valence-corrected chi connectivity index (χ1v) is 34.5. The zero-order valence-corrected chi connectivity index (χ0v) is 50.4. The van der Waals surface area contributed by atoms with Crippen molar-refractivity contribution in [1.82, 2.24) is 0 Å². The van der Waals surface area contributed by atoms with Crippen molar-refractivity contribution >= 4 is 84.7 Å². The number of esters is 9. The van der Waals surface area contributed by atoms with Crippen LogP contribution in [0.25, 0.3) is 0 Å². The molecule has 0 bridgehead atoms. The van der Waals surface area contributed by atoms with Crippen LogP contribution in [0.3, 0.4) is 0 Å². The van der Waals surface area contributed by atoms with Crippen LogP contribution in [0.2, 0.25) is 51.4 Å². The van der Waals surface area contributed by atoms with E-state index in [9.17, 15) is 47.9 Å². The van der Waals surface area contributed by atoms with Crippen molar-refractivity contribution in [2.45, 2.75) is 96.3 Å². The van der Waals surface area contributed by atoms with Crippen molar-refractivity contribution in [3.05, 3.63) is 101 Å². The van der Waals surface area contributed by atoms with Crippen LogP contribution in [0.5, 0.6) is 0 Å². The van der Waals surface area contributed by atoms with E-state index in [0.29, 0.717) is 24.9 Å². The number of hydrogen-bond acceptors (Lipinski definition) is 22. The average Bonchev–Trinajstić information content (AvgIpc) is 3.42. The van der Waals surface area contributed by atoms with E-state index in [4.69, 9.17) is 55.6 Å². The largest absolute Gasteiger partial charge is 0.465 e. The molecule has 0 saturated carbocycles. The second-order valence-electron chi connectivity index (χ2n) is 20.3. The molecule has 0 heterocycles. The summed E-state index contributed by atoms with van der Waals surface area (Å²) < 4.78 is 67.9. The Morgan fingerprint density at radius 3 is 1.02 bits per heavy atom. The highest BCUT2D eigenvalue weighted by Crippen LogP contribution is 2.31. The molecule has 80 heavy (non-hydrogen) atoms. The van der Waals surface area contributed by atoms with Gasteiger partial charge < -0.3 is 55.6 Å². The van der Waals surface area contributed by atoms with Crippen LogP contribution in [-0.4, -0.2) is 157 Å². The standard InChI is InChI=1S/C55H82O22Si3/c1-15-43(56)26-28-53(34-67-44(57)16-2,35-68-45(58)17-3)33-66-30-29-54(36-69-46(59)18-4,37-70-47(60)19-5)38-74-52(65)27-32-79(11,12)77-80(13,14)76-78(9,10)31-24-23-25-51(64)75-42-55(39-71-48(61)20-6,40-72-49(62)21-7)41-73-50(63)22-8/h15-22H,1-8,23-42H2,9-14H3. The Labute approximate surface area is 473 Å². The van der Waals surface area contributed by atoms with Crippen LogP contribution in [0.1, 0.15) is 44.9 Å². The predicted molar refractivity (Wildman–Crippen MR) is 300 cm³/mol. The summed E-state index contributed by atoms with van der Waals surface area (Å²) in [5.41, 5.74) is -4.13. The molecule has 0 aromatic rings. The van der Waals surface area contributed by atoms with Crippen molar-refractivity contribution in [2.24, 2.45) is 16.2 Å². The second-order valence-corrected chi connectivity index (χ2v) is 32.8. The minimum Gasteiger partial charge on any atom is -0.465 e. The fraction of sp³-hybridized carbons (Fsp3) is 0.527. The molecule has 0 aliphatic carbocycles. The van der Waals surface area contributed by atoms with Gasteiger partial charge in [0.25, 0.3) is 0 Å². The second kappa shape index (κ2) is 37.3. The molecule has 22 nitrogen and oxygen atoms in total. The number of hydrogen-bond donors (Lipinski definition) is 0. The van der Waals surface area contributed by atoms with Gasteiger partial charge in [0.2, 0.25) is 0 Å². The summed E-state index contributed by atoms with van der Waals surface area (Å²) in [7, 11) is -7.90. The zero-order chi connectivity index (χ0) is 61.1. The van der Waals surface area contributed by atoms with Gasteiger partial charge >= 0.3 is 62.3 Å². The molecule has 0 amide bonds. The monoisotopic (exact) mass is 1180 g/mol. The summed E-state index contributed by atoms with van der Waals surface area (Å²) in [5, 5.41) is 0. The lowest BCUT2D eigenvalue weighted by Crippen LogP contribution is -2.52. The predicted octanol–water partition coefficient (Wildman–Crippen LogP) is 6.78. The van der Waals surface area contributed by atoms with Crippen LogP contribution < -0.4 is 0 Å². The normalized spacial score (nSPS) is 11.7. The maximum absolute atomic E-state index is 13.5. The van der Waals surface area contributed by atoms with Crippen molar-refractivity contribution in [2.75, 3.05) is 72.7 Å². The molecule has 0 atom stereocenters. The van der Waals surface area contributed by atoms with Gasteiger partial charge in [0.1, 0.15) is 64.9 Å². The van der Waals surface area contributed by atoms with Gasteiger partial charge in [0, 0.05) is 68.4 Å². The van der Waals surface area contributed by atoms with Gasteiger partial charge in [-0.05, 0) is 76.7 Å². The number of ketones is 1. The fourth-order valence-corrected chi connectivity index (χ4v) is 21.2. The first-order chi connectivity index (χ1) is 37.5. The Kier molecular flexibility index (Phi) is 34.2. The lowest BCUT2D eigenvalue weighted by molar-refractivity contribution is -0.167. The maximum atomic E-state index is 13.5. The maximum Gasteiger partial charge on any atom is 0.330 e. The summed E-state index contributed by atoms with van der Waals surface area (Å²) in [6, 6.07) is 0.965. The highest BCUT2D eigenvalue weighted by molar-refractivity contribution is 6.87. The Hall–Kier alpha value is -6.65. The van der Waals surface area contributed by atoms with Gasteiger partial charge in [-0.1, -0.05) is 59.1 Å². The molecule has 0 aliphatic rings. The fourth-order valence-electron chi connectivity index (χ4n) is 7.27. The number of allylic oxidation sites excluding steroid dienone is 1. The number of ether oxygens (including phenoxy) is 10. The van der Waals surface area contributed by atoms with Gasteiger partial charge in [-0.15, -0.1) is 0 Å². The first-order valence-electron chi connectivity index (χ1n) is 25.5. The van der Waals surface area contributed by atoms with E-state index in [-0.39, 0.29) is 64.3 Å². The van der Waals surface area contributed by atoms with Gasteiger partial charge in [0.15, 0.2) is 22.4 Å². The molecule has 0 aliphatic heterocycles. The Morgan fingerprint density at radius 1 is 0.350 bits per heavy atom. The minimum absolute atomic E-state index is 0.00267.